The molecule has 4 rings (SSSR count). The van der Waals surface area contributed by atoms with Gasteiger partial charge in [0.25, 0.3) is 11.7 Å². The van der Waals surface area contributed by atoms with Crippen molar-refractivity contribution < 1.29 is 24.2 Å². The summed E-state index contributed by atoms with van der Waals surface area (Å²) in [5, 5.41) is 12.0. The van der Waals surface area contributed by atoms with Gasteiger partial charge in [-0.1, -0.05) is 47.5 Å². The summed E-state index contributed by atoms with van der Waals surface area (Å²) < 4.78 is 10.4. The maximum absolute atomic E-state index is 13.2. The molecule has 3 aromatic carbocycles. The molecule has 1 saturated heterocycles. The number of hydrogen-bond acceptors (Lipinski definition) is 5. The first-order valence-corrected chi connectivity index (χ1v) is 11.1. The number of Topliss-reactive ketones (excluding diaryl/α,β-unsaturated/α-hetero) is 1. The Morgan fingerprint density at radius 3 is 2.21 bits per heavy atom. The number of nitrogens with zero attached hydrogens (tertiary/aromatic N) is 1. The van der Waals surface area contributed by atoms with Crippen LogP contribution in [0.15, 0.2) is 72.3 Å². The largest absolute Gasteiger partial charge is 0.507 e. The number of ether oxygens (including phenoxy) is 2. The number of halogens is 2. The van der Waals surface area contributed by atoms with E-state index in [1.807, 2.05) is 12.1 Å². The normalized spacial score (nSPS) is 17.2. The fourth-order valence-electron chi connectivity index (χ4n) is 3.93. The van der Waals surface area contributed by atoms with Crippen LogP contribution in [-0.2, 0) is 16.1 Å². The van der Waals surface area contributed by atoms with Gasteiger partial charge in [0.1, 0.15) is 17.3 Å². The van der Waals surface area contributed by atoms with E-state index in [2.05, 4.69) is 0 Å². The maximum Gasteiger partial charge on any atom is 0.295 e. The zero-order valence-corrected chi connectivity index (χ0v) is 19.9. The van der Waals surface area contributed by atoms with E-state index in [0.29, 0.717) is 27.6 Å². The van der Waals surface area contributed by atoms with Gasteiger partial charge in [0.05, 0.1) is 30.9 Å². The van der Waals surface area contributed by atoms with Crippen LogP contribution >= 0.6 is 23.2 Å². The molecule has 0 aliphatic carbocycles. The van der Waals surface area contributed by atoms with Crippen LogP contribution in [-0.4, -0.2) is 35.9 Å². The molecule has 0 radical (unpaired) electrons. The molecule has 1 amide bonds. The number of carbonyl (C=O) groups is 2. The maximum atomic E-state index is 13.2. The van der Waals surface area contributed by atoms with Crippen molar-refractivity contribution in [3.05, 3.63) is 99.0 Å². The number of carbonyl (C=O) groups excluding carboxylic acids is 2. The van der Waals surface area contributed by atoms with Crippen molar-refractivity contribution in [3.63, 3.8) is 0 Å². The average molecular weight is 498 g/mol. The highest BCUT2D eigenvalue weighted by molar-refractivity contribution is 6.46. The summed E-state index contributed by atoms with van der Waals surface area (Å²) in [6.07, 6.45) is 0. The summed E-state index contributed by atoms with van der Waals surface area (Å²) in [7, 11) is 3.05. The van der Waals surface area contributed by atoms with E-state index >= 15 is 0 Å². The van der Waals surface area contributed by atoms with Gasteiger partial charge in [-0.2, -0.15) is 0 Å². The summed E-state index contributed by atoms with van der Waals surface area (Å²) in [4.78, 5) is 27.7. The van der Waals surface area contributed by atoms with Crippen molar-refractivity contribution in [2.75, 3.05) is 14.2 Å². The van der Waals surface area contributed by atoms with Gasteiger partial charge in [-0.25, -0.2) is 0 Å². The Labute approximate surface area is 206 Å². The lowest BCUT2D eigenvalue weighted by Crippen LogP contribution is -2.29. The van der Waals surface area contributed by atoms with E-state index in [0.717, 1.165) is 5.56 Å². The van der Waals surface area contributed by atoms with Gasteiger partial charge in [-0.05, 0) is 53.6 Å². The number of benzene rings is 3. The lowest BCUT2D eigenvalue weighted by atomic mass is 9.95. The predicted octanol–water partition coefficient (Wildman–Crippen LogP) is 5.63. The Balaban J connectivity index is 1.83. The molecule has 1 aliphatic heterocycles. The number of ketones is 1. The zero-order chi connectivity index (χ0) is 24.4. The smallest absolute Gasteiger partial charge is 0.295 e. The lowest BCUT2D eigenvalue weighted by Gasteiger charge is -2.25. The third kappa shape index (κ3) is 4.47. The lowest BCUT2D eigenvalue weighted by molar-refractivity contribution is -0.140. The number of likely N-dealkylation sites (tertiary alicyclic amines) is 1. The fraction of sp³-hybridized carbons (Fsp3) is 0.154. The molecular weight excluding hydrogens is 477 g/mol. The van der Waals surface area contributed by atoms with Crippen molar-refractivity contribution in [2.45, 2.75) is 12.6 Å². The average Bonchev–Trinajstić information content (AvgIpc) is 3.09. The second kappa shape index (κ2) is 9.79. The molecule has 34 heavy (non-hydrogen) atoms. The van der Waals surface area contributed by atoms with Gasteiger partial charge in [0, 0.05) is 17.1 Å². The molecule has 1 unspecified atom stereocenters. The molecule has 6 nitrogen and oxygen atoms in total. The molecule has 1 fully saturated rings. The van der Waals surface area contributed by atoms with E-state index in [-0.39, 0.29) is 22.9 Å². The van der Waals surface area contributed by atoms with Crippen LogP contribution in [0.1, 0.15) is 22.7 Å². The van der Waals surface area contributed by atoms with Gasteiger partial charge in [-0.15, -0.1) is 0 Å². The number of aliphatic hydroxyl groups excluding tert-OH is 1. The molecule has 1 aliphatic rings. The third-order valence-electron chi connectivity index (χ3n) is 5.66. The van der Waals surface area contributed by atoms with Crippen molar-refractivity contribution >= 4 is 40.7 Å². The second-order valence-corrected chi connectivity index (χ2v) is 8.52. The SMILES string of the molecule is COc1ccc(CN2C(=O)C(=O)/C(=C(\O)c3ccc(OC)c(Cl)c3)C2c2ccc(Cl)cc2)cc1. The molecule has 0 aromatic heterocycles. The first kappa shape index (κ1) is 23.7. The summed E-state index contributed by atoms with van der Waals surface area (Å²) >= 11 is 12.3. The predicted molar refractivity (Wildman–Crippen MR) is 130 cm³/mol. The van der Waals surface area contributed by atoms with Crippen LogP contribution in [0.5, 0.6) is 11.5 Å². The monoisotopic (exact) mass is 497 g/mol. The molecule has 174 valence electrons. The Morgan fingerprint density at radius 2 is 1.62 bits per heavy atom. The molecular formula is C26H21Cl2NO5. The third-order valence-corrected chi connectivity index (χ3v) is 6.21. The molecule has 3 aromatic rings. The summed E-state index contributed by atoms with van der Waals surface area (Å²) in [5.74, 6) is -0.709. The number of methoxy groups -OCH3 is 2. The summed E-state index contributed by atoms with van der Waals surface area (Å²) in [6, 6.07) is 17.8. The van der Waals surface area contributed by atoms with Crippen molar-refractivity contribution in [3.8, 4) is 11.5 Å². The van der Waals surface area contributed by atoms with Gasteiger partial charge < -0.3 is 19.5 Å². The first-order valence-electron chi connectivity index (χ1n) is 10.3. The topological polar surface area (TPSA) is 76.1 Å². The van der Waals surface area contributed by atoms with E-state index < -0.39 is 17.7 Å². The van der Waals surface area contributed by atoms with Gasteiger partial charge >= 0.3 is 0 Å². The van der Waals surface area contributed by atoms with Crippen LogP contribution in [0.2, 0.25) is 10.0 Å². The van der Waals surface area contributed by atoms with Crippen molar-refractivity contribution in [1.29, 1.82) is 0 Å². The van der Waals surface area contributed by atoms with Crippen LogP contribution < -0.4 is 9.47 Å². The first-order chi connectivity index (χ1) is 16.3. The van der Waals surface area contributed by atoms with Crippen LogP contribution in [0.3, 0.4) is 0 Å². The van der Waals surface area contributed by atoms with Crippen LogP contribution in [0.25, 0.3) is 5.76 Å². The minimum absolute atomic E-state index is 0.0259. The summed E-state index contributed by atoms with van der Waals surface area (Å²) in [6.45, 7) is 0.155. The van der Waals surface area contributed by atoms with E-state index in [9.17, 15) is 14.7 Å². The van der Waals surface area contributed by atoms with Crippen molar-refractivity contribution in [2.24, 2.45) is 0 Å². The van der Waals surface area contributed by atoms with E-state index in [4.69, 9.17) is 32.7 Å². The Morgan fingerprint density at radius 1 is 0.941 bits per heavy atom. The highest BCUT2D eigenvalue weighted by atomic mass is 35.5. The standard InChI is InChI=1S/C26H21Cl2NO5/c1-33-19-10-3-15(4-11-19)14-29-23(16-5-8-18(27)9-6-16)22(25(31)26(29)32)24(30)17-7-12-21(34-2)20(28)13-17/h3-13,23,30H,14H2,1-2H3/b24-22-. The van der Waals surface area contributed by atoms with Gasteiger partial charge in [0.2, 0.25) is 0 Å². The van der Waals surface area contributed by atoms with Crippen molar-refractivity contribution in [1.82, 2.24) is 4.90 Å². The number of rotatable bonds is 6. The highest BCUT2D eigenvalue weighted by Crippen LogP contribution is 2.41. The second-order valence-electron chi connectivity index (χ2n) is 7.68. The van der Waals surface area contributed by atoms with Gasteiger partial charge in [0.15, 0.2) is 0 Å². The van der Waals surface area contributed by atoms with E-state index in [1.165, 1.54) is 18.1 Å². The highest BCUT2D eigenvalue weighted by Gasteiger charge is 2.46. The van der Waals surface area contributed by atoms with Gasteiger partial charge in [-0.3, -0.25) is 9.59 Å². The van der Waals surface area contributed by atoms with E-state index in [1.54, 1.807) is 55.6 Å². The minimum atomic E-state index is -0.819. The summed E-state index contributed by atoms with van der Waals surface area (Å²) in [5.41, 5.74) is 1.71. The molecule has 8 heteroatoms. The molecule has 0 spiro atoms. The Kier molecular flexibility index (Phi) is 6.82. The molecule has 1 N–H and O–H groups in total. The fourth-order valence-corrected chi connectivity index (χ4v) is 4.32. The molecule has 0 saturated carbocycles. The van der Waals surface area contributed by atoms with Crippen LogP contribution in [0.4, 0.5) is 0 Å². The molecule has 1 atom stereocenters. The number of amides is 1. The Hall–Kier alpha value is -3.48. The zero-order valence-electron chi connectivity index (χ0n) is 18.4. The minimum Gasteiger partial charge on any atom is -0.507 e. The van der Waals surface area contributed by atoms with Crippen LogP contribution in [0, 0.1) is 0 Å². The molecule has 0 bridgehead atoms. The quantitative estimate of drug-likeness (QED) is 0.271. The number of hydrogen-bond donors (Lipinski definition) is 1. The number of aliphatic hydroxyl groups is 1. The molecule has 1 heterocycles. The Bertz CT molecular complexity index is 1270.